The molecule has 1 aromatic carbocycles. The fourth-order valence-corrected chi connectivity index (χ4v) is 2.66. The molecule has 2 rings (SSSR count). The molecule has 1 aliphatic heterocycles. The van der Waals surface area contributed by atoms with Crippen LogP contribution in [-0.4, -0.2) is 38.8 Å². The average molecular weight is 264 g/mol. The van der Waals surface area contributed by atoms with Gasteiger partial charge in [-0.25, -0.2) is 0 Å². The summed E-state index contributed by atoms with van der Waals surface area (Å²) in [6.07, 6.45) is 1.28. The Morgan fingerprint density at radius 1 is 1.32 bits per heavy atom. The zero-order valence-corrected chi connectivity index (χ0v) is 12.1. The van der Waals surface area contributed by atoms with Crippen LogP contribution < -0.4 is 15.2 Å². The number of nitrogens with two attached hydrogens (primary N) is 1. The number of rotatable bonds is 5. The highest BCUT2D eigenvalue weighted by Crippen LogP contribution is 2.30. The zero-order chi connectivity index (χ0) is 13.8. The predicted molar refractivity (Wildman–Crippen MR) is 76.7 cm³/mol. The summed E-state index contributed by atoms with van der Waals surface area (Å²) in [4.78, 5) is 2.44. The quantitative estimate of drug-likeness (QED) is 0.884. The van der Waals surface area contributed by atoms with Gasteiger partial charge in [-0.1, -0.05) is 13.0 Å². The first-order valence-electron chi connectivity index (χ1n) is 6.84. The normalized spacial score (nSPS) is 21.4. The molecule has 0 aliphatic carbocycles. The van der Waals surface area contributed by atoms with E-state index >= 15 is 0 Å². The lowest BCUT2D eigenvalue weighted by atomic mass is 10.1. The summed E-state index contributed by atoms with van der Waals surface area (Å²) < 4.78 is 10.6. The van der Waals surface area contributed by atoms with E-state index in [1.54, 1.807) is 14.2 Å². The van der Waals surface area contributed by atoms with Crippen molar-refractivity contribution in [2.24, 2.45) is 11.7 Å². The van der Waals surface area contributed by atoms with Crippen LogP contribution in [0.3, 0.4) is 0 Å². The van der Waals surface area contributed by atoms with Crippen LogP contribution in [0.5, 0.6) is 11.5 Å². The smallest absolute Gasteiger partial charge is 0.161 e. The first-order valence-corrected chi connectivity index (χ1v) is 6.84. The van der Waals surface area contributed by atoms with Gasteiger partial charge in [-0.2, -0.15) is 0 Å². The van der Waals surface area contributed by atoms with Gasteiger partial charge in [0.2, 0.25) is 0 Å². The van der Waals surface area contributed by atoms with Crippen molar-refractivity contribution in [1.82, 2.24) is 4.90 Å². The second-order valence-electron chi connectivity index (χ2n) is 5.37. The van der Waals surface area contributed by atoms with Crippen molar-refractivity contribution >= 4 is 0 Å². The van der Waals surface area contributed by atoms with Crippen LogP contribution in [0.25, 0.3) is 0 Å². The van der Waals surface area contributed by atoms with Crippen molar-refractivity contribution in [3.8, 4) is 11.5 Å². The molecule has 1 saturated heterocycles. The Balaban J connectivity index is 2.04. The molecule has 0 spiro atoms. The molecule has 106 valence electrons. The van der Waals surface area contributed by atoms with Crippen LogP contribution in [0, 0.1) is 5.92 Å². The number of ether oxygens (including phenoxy) is 2. The van der Waals surface area contributed by atoms with Gasteiger partial charge in [-0.3, -0.25) is 0 Å². The third kappa shape index (κ3) is 3.39. The molecule has 2 atom stereocenters. The third-order valence-corrected chi connectivity index (χ3v) is 3.80. The van der Waals surface area contributed by atoms with Gasteiger partial charge in [0.1, 0.15) is 0 Å². The van der Waals surface area contributed by atoms with E-state index in [9.17, 15) is 0 Å². The summed E-state index contributed by atoms with van der Waals surface area (Å²) in [7, 11) is 3.29. The van der Waals surface area contributed by atoms with Gasteiger partial charge in [0.05, 0.1) is 14.2 Å². The van der Waals surface area contributed by atoms with Gasteiger partial charge >= 0.3 is 0 Å². The van der Waals surface area contributed by atoms with E-state index in [4.69, 9.17) is 15.2 Å². The predicted octanol–water partition coefficient (Wildman–Crippen LogP) is 2.05. The highest BCUT2D eigenvalue weighted by Gasteiger charge is 2.21. The molecule has 0 saturated carbocycles. The van der Waals surface area contributed by atoms with Crippen LogP contribution in [0.1, 0.15) is 24.9 Å². The maximum absolute atomic E-state index is 6.30. The minimum Gasteiger partial charge on any atom is -0.493 e. The largest absolute Gasteiger partial charge is 0.493 e. The fraction of sp³-hybridized carbons (Fsp3) is 0.600. The molecule has 1 heterocycles. The highest BCUT2D eigenvalue weighted by molar-refractivity contribution is 5.43. The van der Waals surface area contributed by atoms with E-state index in [0.717, 1.165) is 42.6 Å². The fourth-order valence-electron chi connectivity index (χ4n) is 2.66. The van der Waals surface area contributed by atoms with Crippen LogP contribution in [-0.2, 0) is 0 Å². The van der Waals surface area contributed by atoms with E-state index in [1.807, 2.05) is 18.2 Å². The molecule has 4 heteroatoms. The Hall–Kier alpha value is -1.26. The standard InChI is InChI=1S/C15H24N2O2/c1-11-6-7-17(9-11)10-13(16)12-4-5-14(18-2)15(8-12)19-3/h4-5,8,11,13H,6-7,9-10,16H2,1-3H3. The first kappa shape index (κ1) is 14.2. The monoisotopic (exact) mass is 264 g/mol. The van der Waals surface area contributed by atoms with Crippen molar-refractivity contribution in [1.29, 1.82) is 0 Å². The molecular formula is C15H24N2O2. The van der Waals surface area contributed by atoms with Gasteiger partial charge in [-0.15, -0.1) is 0 Å². The Labute approximate surface area is 115 Å². The molecular weight excluding hydrogens is 240 g/mol. The number of methoxy groups -OCH3 is 2. The van der Waals surface area contributed by atoms with Gasteiger partial charge in [-0.05, 0) is 36.6 Å². The molecule has 2 unspecified atom stereocenters. The van der Waals surface area contributed by atoms with Crippen LogP contribution in [0.4, 0.5) is 0 Å². The summed E-state index contributed by atoms with van der Waals surface area (Å²) in [5.41, 5.74) is 7.39. The van der Waals surface area contributed by atoms with Crippen LogP contribution in [0.2, 0.25) is 0 Å². The number of hydrogen-bond acceptors (Lipinski definition) is 4. The number of nitrogens with zero attached hydrogens (tertiary/aromatic N) is 1. The second kappa shape index (κ2) is 6.26. The molecule has 0 amide bonds. The SMILES string of the molecule is COc1ccc(C(N)CN2CCC(C)C2)cc1OC. The summed E-state index contributed by atoms with van der Waals surface area (Å²) in [5.74, 6) is 2.27. The molecule has 0 aromatic heterocycles. The van der Waals surface area contributed by atoms with E-state index in [-0.39, 0.29) is 6.04 Å². The lowest BCUT2D eigenvalue weighted by Crippen LogP contribution is -2.30. The third-order valence-electron chi connectivity index (χ3n) is 3.80. The summed E-state index contributed by atoms with van der Waals surface area (Å²) in [6, 6.07) is 5.93. The van der Waals surface area contributed by atoms with E-state index in [1.165, 1.54) is 6.42 Å². The topological polar surface area (TPSA) is 47.7 Å². The van der Waals surface area contributed by atoms with E-state index < -0.39 is 0 Å². The maximum atomic E-state index is 6.30. The van der Waals surface area contributed by atoms with Crippen molar-refractivity contribution in [3.63, 3.8) is 0 Å². The molecule has 2 N–H and O–H groups in total. The molecule has 1 aromatic rings. The van der Waals surface area contributed by atoms with Gasteiger partial charge < -0.3 is 20.1 Å². The molecule has 0 radical (unpaired) electrons. The summed E-state index contributed by atoms with van der Waals surface area (Å²) in [6.45, 7) is 5.50. The van der Waals surface area contributed by atoms with Gasteiger partial charge in [0.15, 0.2) is 11.5 Å². The van der Waals surface area contributed by atoms with E-state index in [2.05, 4.69) is 11.8 Å². The van der Waals surface area contributed by atoms with Crippen molar-refractivity contribution in [3.05, 3.63) is 23.8 Å². The Kier molecular flexibility index (Phi) is 4.66. The summed E-state index contributed by atoms with van der Waals surface area (Å²) in [5, 5.41) is 0. The average Bonchev–Trinajstić information content (AvgIpc) is 2.83. The van der Waals surface area contributed by atoms with E-state index in [0.29, 0.717) is 0 Å². The zero-order valence-electron chi connectivity index (χ0n) is 12.1. The Morgan fingerprint density at radius 3 is 2.63 bits per heavy atom. The Bertz CT molecular complexity index is 423. The Morgan fingerprint density at radius 2 is 2.05 bits per heavy atom. The lowest BCUT2D eigenvalue weighted by molar-refractivity contribution is 0.305. The molecule has 0 bridgehead atoms. The van der Waals surface area contributed by atoms with Crippen molar-refractivity contribution in [2.45, 2.75) is 19.4 Å². The highest BCUT2D eigenvalue weighted by atomic mass is 16.5. The molecule has 4 nitrogen and oxygen atoms in total. The minimum absolute atomic E-state index is 0.0186. The molecule has 1 aliphatic rings. The number of benzene rings is 1. The van der Waals surface area contributed by atoms with Gasteiger partial charge in [0, 0.05) is 19.1 Å². The summed E-state index contributed by atoms with van der Waals surface area (Å²) >= 11 is 0. The van der Waals surface area contributed by atoms with Gasteiger partial charge in [0.25, 0.3) is 0 Å². The van der Waals surface area contributed by atoms with Crippen LogP contribution in [0.15, 0.2) is 18.2 Å². The van der Waals surface area contributed by atoms with Crippen molar-refractivity contribution in [2.75, 3.05) is 33.9 Å². The lowest BCUT2D eigenvalue weighted by Gasteiger charge is -2.21. The van der Waals surface area contributed by atoms with Crippen molar-refractivity contribution < 1.29 is 9.47 Å². The second-order valence-corrected chi connectivity index (χ2v) is 5.37. The molecule has 19 heavy (non-hydrogen) atoms. The first-order chi connectivity index (χ1) is 9.13. The molecule has 1 fully saturated rings. The number of hydrogen-bond donors (Lipinski definition) is 1. The van der Waals surface area contributed by atoms with Crippen LogP contribution >= 0.6 is 0 Å². The number of likely N-dealkylation sites (tertiary alicyclic amines) is 1. The minimum atomic E-state index is 0.0186. The maximum Gasteiger partial charge on any atom is 0.161 e.